The molecular formula is C18H20N4O3. The first kappa shape index (κ1) is 15.8. The van der Waals surface area contributed by atoms with E-state index in [0.29, 0.717) is 36.5 Å². The van der Waals surface area contributed by atoms with Gasteiger partial charge in [-0.05, 0) is 30.5 Å². The fourth-order valence-electron chi connectivity index (χ4n) is 3.20. The van der Waals surface area contributed by atoms with Gasteiger partial charge in [-0.1, -0.05) is 12.1 Å². The predicted octanol–water partition coefficient (Wildman–Crippen LogP) is 2.07. The number of hydrogen-bond donors (Lipinski definition) is 1. The van der Waals surface area contributed by atoms with Gasteiger partial charge in [-0.3, -0.25) is 4.79 Å². The van der Waals surface area contributed by atoms with Gasteiger partial charge >= 0.3 is 0 Å². The molecule has 1 aliphatic heterocycles. The van der Waals surface area contributed by atoms with E-state index in [0.717, 1.165) is 24.2 Å². The Bertz CT molecular complexity index is 924. The average molecular weight is 340 g/mol. The van der Waals surface area contributed by atoms with Crippen LogP contribution < -0.4 is 10.3 Å². The van der Waals surface area contributed by atoms with Crippen molar-refractivity contribution in [2.45, 2.75) is 25.3 Å². The third-order valence-corrected chi connectivity index (χ3v) is 4.58. The van der Waals surface area contributed by atoms with E-state index in [1.807, 2.05) is 28.9 Å². The summed E-state index contributed by atoms with van der Waals surface area (Å²) in [5.41, 5.74) is 1.56. The van der Waals surface area contributed by atoms with E-state index in [1.54, 1.807) is 13.3 Å². The zero-order valence-corrected chi connectivity index (χ0v) is 14.1. The first-order chi connectivity index (χ1) is 12.2. The Morgan fingerprint density at radius 2 is 2.04 bits per heavy atom. The van der Waals surface area contributed by atoms with Crippen molar-refractivity contribution in [2.75, 3.05) is 20.3 Å². The summed E-state index contributed by atoms with van der Waals surface area (Å²) >= 11 is 0. The molecule has 2 aromatic heterocycles. The Morgan fingerprint density at radius 1 is 1.28 bits per heavy atom. The highest BCUT2D eigenvalue weighted by atomic mass is 16.5. The number of rotatable bonds is 4. The SMILES string of the molecule is COc1ccc(Cc2nc3c(cnn3C3CCOCC3)c(=O)[nH]2)cc1. The lowest BCUT2D eigenvalue weighted by atomic mass is 10.1. The highest BCUT2D eigenvalue weighted by Gasteiger charge is 2.20. The van der Waals surface area contributed by atoms with Crippen LogP contribution in [0.5, 0.6) is 5.75 Å². The molecule has 1 aromatic carbocycles. The van der Waals surface area contributed by atoms with Gasteiger partial charge in [0, 0.05) is 19.6 Å². The second-order valence-corrected chi connectivity index (χ2v) is 6.21. The molecule has 0 spiro atoms. The summed E-state index contributed by atoms with van der Waals surface area (Å²) in [5.74, 6) is 1.44. The lowest BCUT2D eigenvalue weighted by molar-refractivity contribution is 0.0673. The van der Waals surface area contributed by atoms with Gasteiger partial charge in [-0.2, -0.15) is 5.10 Å². The van der Waals surface area contributed by atoms with Gasteiger partial charge in [-0.25, -0.2) is 9.67 Å². The molecule has 1 fully saturated rings. The number of fused-ring (bicyclic) bond motifs is 1. The van der Waals surface area contributed by atoms with Crippen LogP contribution in [0.1, 0.15) is 30.3 Å². The molecule has 1 N–H and O–H groups in total. The third kappa shape index (κ3) is 3.15. The molecule has 0 amide bonds. The number of nitrogens with zero attached hydrogens (tertiary/aromatic N) is 3. The van der Waals surface area contributed by atoms with E-state index in [2.05, 4.69) is 15.1 Å². The summed E-state index contributed by atoms with van der Waals surface area (Å²) in [4.78, 5) is 19.9. The number of benzene rings is 1. The van der Waals surface area contributed by atoms with Crippen molar-refractivity contribution in [1.82, 2.24) is 19.7 Å². The molecule has 7 nitrogen and oxygen atoms in total. The lowest BCUT2D eigenvalue weighted by Gasteiger charge is -2.22. The van der Waals surface area contributed by atoms with Crippen LogP contribution >= 0.6 is 0 Å². The molecule has 0 bridgehead atoms. The minimum Gasteiger partial charge on any atom is -0.497 e. The molecule has 1 aliphatic rings. The fourth-order valence-corrected chi connectivity index (χ4v) is 3.20. The molecule has 1 saturated heterocycles. The Hall–Kier alpha value is -2.67. The van der Waals surface area contributed by atoms with Crippen LogP contribution in [0.15, 0.2) is 35.3 Å². The van der Waals surface area contributed by atoms with Crippen LogP contribution in [-0.2, 0) is 11.2 Å². The summed E-state index contributed by atoms with van der Waals surface area (Å²) < 4.78 is 12.5. The molecule has 0 unspecified atom stereocenters. The van der Waals surface area contributed by atoms with Crippen molar-refractivity contribution in [3.63, 3.8) is 0 Å². The molecule has 7 heteroatoms. The maximum Gasteiger partial charge on any atom is 0.262 e. The molecule has 0 atom stereocenters. The van der Waals surface area contributed by atoms with Crippen LogP contribution in [0, 0.1) is 0 Å². The first-order valence-corrected chi connectivity index (χ1v) is 8.41. The molecular weight excluding hydrogens is 320 g/mol. The van der Waals surface area contributed by atoms with Crippen molar-refractivity contribution < 1.29 is 9.47 Å². The fraction of sp³-hybridized carbons (Fsp3) is 0.389. The Kier molecular flexibility index (Phi) is 4.23. The van der Waals surface area contributed by atoms with Crippen LogP contribution in [0.4, 0.5) is 0 Å². The summed E-state index contributed by atoms with van der Waals surface area (Å²) in [6.07, 6.45) is 3.93. The quantitative estimate of drug-likeness (QED) is 0.786. The molecule has 0 aliphatic carbocycles. The number of aromatic nitrogens is 4. The van der Waals surface area contributed by atoms with E-state index >= 15 is 0 Å². The summed E-state index contributed by atoms with van der Waals surface area (Å²) in [5, 5.41) is 4.95. The Balaban J connectivity index is 1.68. The largest absolute Gasteiger partial charge is 0.497 e. The highest BCUT2D eigenvalue weighted by Crippen LogP contribution is 2.23. The summed E-state index contributed by atoms with van der Waals surface area (Å²) in [6.45, 7) is 1.43. The number of methoxy groups -OCH3 is 1. The normalized spacial score (nSPS) is 15.6. The minimum absolute atomic E-state index is 0.146. The molecule has 25 heavy (non-hydrogen) atoms. The Morgan fingerprint density at radius 3 is 2.76 bits per heavy atom. The molecule has 3 heterocycles. The van der Waals surface area contributed by atoms with Gasteiger partial charge in [0.05, 0.1) is 19.3 Å². The van der Waals surface area contributed by atoms with Crippen LogP contribution in [-0.4, -0.2) is 40.1 Å². The van der Waals surface area contributed by atoms with Crippen LogP contribution in [0.2, 0.25) is 0 Å². The number of nitrogens with one attached hydrogen (secondary N) is 1. The number of H-pyrrole nitrogens is 1. The smallest absolute Gasteiger partial charge is 0.262 e. The molecule has 0 radical (unpaired) electrons. The van der Waals surface area contributed by atoms with Gasteiger partial charge in [-0.15, -0.1) is 0 Å². The highest BCUT2D eigenvalue weighted by molar-refractivity contribution is 5.73. The number of aromatic amines is 1. The molecule has 4 rings (SSSR count). The van der Waals surface area contributed by atoms with Gasteiger partial charge in [0.15, 0.2) is 5.65 Å². The topological polar surface area (TPSA) is 82.0 Å². The first-order valence-electron chi connectivity index (χ1n) is 8.41. The minimum atomic E-state index is -0.146. The molecule has 0 saturated carbocycles. The van der Waals surface area contributed by atoms with Gasteiger partial charge in [0.2, 0.25) is 0 Å². The van der Waals surface area contributed by atoms with Crippen LogP contribution in [0.3, 0.4) is 0 Å². The van der Waals surface area contributed by atoms with Crippen molar-refractivity contribution in [2.24, 2.45) is 0 Å². The Labute approximate surface area is 144 Å². The average Bonchev–Trinajstić information content (AvgIpc) is 3.07. The molecule has 130 valence electrons. The van der Waals surface area contributed by atoms with Crippen LogP contribution in [0.25, 0.3) is 11.0 Å². The second kappa shape index (κ2) is 6.68. The van der Waals surface area contributed by atoms with E-state index in [9.17, 15) is 4.79 Å². The van der Waals surface area contributed by atoms with Gasteiger partial charge in [0.1, 0.15) is 17.0 Å². The van der Waals surface area contributed by atoms with Gasteiger partial charge < -0.3 is 14.5 Å². The third-order valence-electron chi connectivity index (χ3n) is 4.58. The standard InChI is InChI=1S/C18H20N4O3/c1-24-14-4-2-12(3-5-14)10-16-20-17-15(18(23)21-16)11-19-22(17)13-6-8-25-9-7-13/h2-5,11,13H,6-10H2,1H3,(H,20,21,23). The van der Waals surface area contributed by atoms with Crippen molar-refractivity contribution in [3.8, 4) is 5.75 Å². The second-order valence-electron chi connectivity index (χ2n) is 6.21. The van der Waals surface area contributed by atoms with E-state index < -0.39 is 0 Å². The van der Waals surface area contributed by atoms with E-state index in [1.165, 1.54) is 0 Å². The number of hydrogen-bond acceptors (Lipinski definition) is 5. The summed E-state index contributed by atoms with van der Waals surface area (Å²) in [7, 11) is 1.64. The number of ether oxygens (including phenoxy) is 2. The zero-order chi connectivity index (χ0) is 17.2. The molecule has 3 aromatic rings. The predicted molar refractivity (Wildman–Crippen MR) is 93.0 cm³/mol. The van der Waals surface area contributed by atoms with Crippen molar-refractivity contribution >= 4 is 11.0 Å². The van der Waals surface area contributed by atoms with Crippen molar-refractivity contribution in [1.29, 1.82) is 0 Å². The maximum absolute atomic E-state index is 12.4. The monoisotopic (exact) mass is 340 g/mol. The van der Waals surface area contributed by atoms with Crippen molar-refractivity contribution in [3.05, 3.63) is 52.2 Å². The summed E-state index contributed by atoms with van der Waals surface area (Å²) in [6, 6.07) is 7.98. The van der Waals surface area contributed by atoms with Gasteiger partial charge in [0.25, 0.3) is 5.56 Å². The van der Waals surface area contributed by atoms with E-state index in [-0.39, 0.29) is 11.6 Å². The van der Waals surface area contributed by atoms with E-state index in [4.69, 9.17) is 9.47 Å². The lowest BCUT2D eigenvalue weighted by Crippen LogP contribution is -2.21. The maximum atomic E-state index is 12.4. The zero-order valence-electron chi connectivity index (χ0n) is 14.1.